The fraction of sp³-hybridized carbons (Fsp3) is 0.800. The van der Waals surface area contributed by atoms with Crippen molar-refractivity contribution in [1.82, 2.24) is 4.90 Å². The first kappa shape index (κ1) is 12.9. The number of hydrogen-bond acceptors (Lipinski definition) is 2. The number of carbonyl (C=O) groups excluding carboxylic acids is 1. The van der Waals surface area contributed by atoms with Gasteiger partial charge in [-0.2, -0.15) is 0 Å². The van der Waals surface area contributed by atoms with Crippen LogP contribution in [0.25, 0.3) is 0 Å². The number of rotatable bonds is 1. The number of nitrogens with two attached hydrogens (primary N) is 1. The van der Waals surface area contributed by atoms with Gasteiger partial charge in [0.2, 0.25) is 5.91 Å². The Hall–Kier alpha value is -1.06. The molecule has 82 valence electrons. The highest BCUT2D eigenvalue weighted by atomic mass is 16.2. The van der Waals surface area contributed by atoms with E-state index in [-0.39, 0.29) is 17.7 Å². The highest BCUT2D eigenvalue weighted by molar-refractivity contribution is 5.80. The van der Waals surface area contributed by atoms with Crippen molar-refractivity contribution in [3.8, 4) is 0 Å². The molecular formula is C10H21N3O. The molecule has 0 radical (unpaired) electrons. The van der Waals surface area contributed by atoms with Gasteiger partial charge in [0.1, 0.15) is 0 Å². The largest absolute Gasteiger partial charge is 0.387 e. The van der Waals surface area contributed by atoms with Crippen molar-refractivity contribution in [2.24, 2.45) is 11.7 Å². The van der Waals surface area contributed by atoms with Gasteiger partial charge in [0.05, 0.1) is 5.84 Å². The molecular weight excluding hydrogens is 178 g/mol. The minimum absolute atomic E-state index is 0.122. The van der Waals surface area contributed by atoms with Crippen LogP contribution < -0.4 is 5.73 Å². The summed E-state index contributed by atoms with van der Waals surface area (Å²) < 4.78 is 0. The summed E-state index contributed by atoms with van der Waals surface area (Å²) in [6.07, 6.45) is 1.68. The molecule has 1 fully saturated rings. The lowest BCUT2D eigenvalue weighted by atomic mass is 9.96. The molecule has 1 aliphatic heterocycles. The zero-order valence-electron chi connectivity index (χ0n) is 9.34. The van der Waals surface area contributed by atoms with Crippen LogP contribution in [-0.4, -0.2) is 29.7 Å². The molecule has 0 aliphatic carbocycles. The minimum atomic E-state index is 0.122. The van der Waals surface area contributed by atoms with Crippen molar-refractivity contribution < 1.29 is 4.79 Å². The minimum Gasteiger partial charge on any atom is -0.387 e. The van der Waals surface area contributed by atoms with Gasteiger partial charge in [-0.25, -0.2) is 0 Å². The number of nitrogens with one attached hydrogen (secondary N) is 1. The van der Waals surface area contributed by atoms with Crippen LogP contribution in [0.15, 0.2) is 0 Å². The van der Waals surface area contributed by atoms with Crippen molar-refractivity contribution >= 4 is 11.7 Å². The van der Waals surface area contributed by atoms with Crippen molar-refractivity contribution in [2.75, 3.05) is 13.1 Å². The number of amidine groups is 1. The van der Waals surface area contributed by atoms with Crippen molar-refractivity contribution in [3.63, 3.8) is 0 Å². The lowest BCUT2D eigenvalue weighted by Gasteiger charge is -2.30. The van der Waals surface area contributed by atoms with Crippen LogP contribution in [0, 0.1) is 11.3 Å². The summed E-state index contributed by atoms with van der Waals surface area (Å²) in [6.45, 7) is 7.08. The third-order valence-corrected chi connectivity index (χ3v) is 2.38. The quantitative estimate of drug-likeness (QED) is 0.492. The first-order valence-corrected chi connectivity index (χ1v) is 5.20. The van der Waals surface area contributed by atoms with E-state index in [1.165, 1.54) is 0 Å². The monoisotopic (exact) mass is 199 g/mol. The Balaban J connectivity index is 0.000000791. The summed E-state index contributed by atoms with van der Waals surface area (Å²) in [6, 6.07) is 0. The molecule has 3 N–H and O–H groups in total. The van der Waals surface area contributed by atoms with Crippen LogP contribution in [-0.2, 0) is 4.79 Å². The maximum absolute atomic E-state index is 10.9. The van der Waals surface area contributed by atoms with Crippen LogP contribution >= 0.6 is 0 Å². The molecule has 1 saturated heterocycles. The molecule has 0 aromatic heterocycles. The van der Waals surface area contributed by atoms with Crippen molar-refractivity contribution in [3.05, 3.63) is 0 Å². The third kappa shape index (κ3) is 3.77. The zero-order chi connectivity index (χ0) is 11.1. The van der Waals surface area contributed by atoms with Gasteiger partial charge >= 0.3 is 0 Å². The fourth-order valence-electron chi connectivity index (χ4n) is 1.51. The third-order valence-electron chi connectivity index (χ3n) is 2.38. The molecule has 0 spiro atoms. The highest BCUT2D eigenvalue weighted by Crippen LogP contribution is 2.16. The predicted octanol–water partition coefficient (Wildman–Crippen LogP) is 1.21. The SMILES string of the molecule is CC.CC(=O)N1CCC(C(=N)N)CC1. The molecule has 4 heteroatoms. The Morgan fingerprint density at radius 3 is 2.07 bits per heavy atom. The molecule has 14 heavy (non-hydrogen) atoms. The van der Waals surface area contributed by atoms with Gasteiger partial charge in [0, 0.05) is 25.9 Å². The molecule has 0 atom stereocenters. The molecule has 1 rings (SSSR count). The second-order valence-corrected chi connectivity index (χ2v) is 3.24. The van der Waals surface area contributed by atoms with Gasteiger partial charge in [-0.1, -0.05) is 13.8 Å². The predicted molar refractivity (Wildman–Crippen MR) is 58.2 cm³/mol. The Morgan fingerprint density at radius 1 is 1.36 bits per heavy atom. The Bertz CT molecular complexity index is 174. The van der Waals surface area contributed by atoms with Gasteiger partial charge in [0.25, 0.3) is 0 Å². The van der Waals surface area contributed by atoms with E-state index in [0.29, 0.717) is 0 Å². The molecule has 1 aliphatic rings. The van der Waals surface area contributed by atoms with Crippen LogP contribution in [0.5, 0.6) is 0 Å². The number of likely N-dealkylation sites (tertiary alicyclic amines) is 1. The van der Waals surface area contributed by atoms with Crippen LogP contribution in [0.2, 0.25) is 0 Å². The molecule has 0 aromatic carbocycles. The number of amides is 1. The topological polar surface area (TPSA) is 70.2 Å². The second-order valence-electron chi connectivity index (χ2n) is 3.24. The van der Waals surface area contributed by atoms with E-state index >= 15 is 0 Å². The molecule has 0 bridgehead atoms. The van der Waals surface area contributed by atoms with Crippen molar-refractivity contribution in [2.45, 2.75) is 33.6 Å². The summed E-state index contributed by atoms with van der Waals surface area (Å²) in [5, 5.41) is 7.24. The molecule has 0 saturated carbocycles. The smallest absolute Gasteiger partial charge is 0.219 e. The van der Waals surface area contributed by atoms with Crippen LogP contribution in [0.1, 0.15) is 33.6 Å². The fourth-order valence-corrected chi connectivity index (χ4v) is 1.51. The molecule has 1 heterocycles. The first-order valence-electron chi connectivity index (χ1n) is 5.20. The maximum Gasteiger partial charge on any atom is 0.219 e. The summed E-state index contributed by atoms with van der Waals surface area (Å²) >= 11 is 0. The van der Waals surface area contributed by atoms with Crippen molar-refractivity contribution in [1.29, 1.82) is 5.41 Å². The van der Waals surface area contributed by atoms with Gasteiger partial charge in [0.15, 0.2) is 0 Å². The average molecular weight is 199 g/mol. The molecule has 0 unspecified atom stereocenters. The summed E-state index contributed by atoms with van der Waals surface area (Å²) in [5.41, 5.74) is 5.37. The van der Waals surface area contributed by atoms with E-state index in [0.717, 1.165) is 25.9 Å². The first-order chi connectivity index (χ1) is 6.61. The molecule has 1 amide bonds. The van der Waals surface area contributed by atoms with E-state index in [9.17, 15) is 4.79 Å². The van der Waals surface area contributed by atoms with Gasteiger partial charge < -0.3 is 10.6 Å². The number of hydrogen-bond donors (Lipinski definition) is 2. The zero-order valence-corrected chi connectivity index (χ0v) is 9.34. The van der Waals surface area contributed by atoms with Gasteiger partial charge in [-0.15, -0.1) is 0 Å². The summed E-state index contributed by atoms with van der Waals surface area (Å²) in [5.74, 6) is 0.579. The van der Waals surface area contributed by atoms with E-state index in [1.54, 1.807) is 11.8 Å². The van der Waals surface area contributed by atoms with Crippen LogP contribution in [0.4, 0.5) is 0 Å². The molecule has 0 aromatic rings. The average Bonchev–Trinajstić information content (AvgIpc) is 2.21. The Labute approximate surface area is 86.0 Å². The van der Waals surface area contributed by atoms with E-state index in [4.69, 9.17) is 11.1 Å². The summed E-state index contributed by atoms with van der Waals surface area (Å²) in [4.78, 5) is 12.7. The van der Waals surface area contributed by atoms with E-state index < -0.39 is 0 Å². The van der Waals surface area contributed by atoms with Gasteiger partial charge in [-0.05, 0) is 12.8 Å². The molecule has 4 nitrogen and oxygen atoms in total. The second kappa shape index (κ2) is 6.40. The number of carbonyl (C=O) groups is 1. The van der Waals surface area contributed by atoms with Gasteiger partial charge in [-0.3, -0.25) is 10.2 Å². The normalized spacial score (nSPS) is 16.9. The Kier molecular flexibility index (Phi) is 5.92. The maximum atomic E-state index is 10.9. The standard InChI is InChI=1S/C8H15N3O.C2H6/c1-6(12)11-4-2-7(3-5-11)8(9)10;1-2/h7H,2-5H2,1H3,(H3,9,10);1-2H3. The lowest BCUT2D eigenvalue weighted by Crippen LogP contribution is -2.40. The Morgan fingerprint density at radius 2 is 1.79 bits per heavy atom. The number of piperidine rings is 1. The summed E-state index contributed by atoms with van der Waals surface area (Å²) in [7, 11) is 0. The highest BCUT2D eigenvalue weighted by Gasteiger charge is 2.21. The van der Waals surface area contributed by atoms with E-state index in [2.05, 4.69) is 0 Å². The van der Waals surface area contributed by atoms with Crippen LogP contribution in [0.3, 0.4) is 0 Å². The van der Waals surface area contributed by atoms with E-state index in [1.807, 2.05) is 13.8 Å². The lowest BCUT2D eigenvalue weighted by molar-refractivity contribution is -0.129. The number of nitrogens with zero attached hydrogens (tertiary/aromatic N) is 1.